The summed E-state index contributed by atoms with van der Waals surface area (Å²) in [5, 5.41) is 13.5. The molecule has 0 saturated carbocycles. The minimum atomic E-state index is -1.54. The van der Waals surface area contributed by atoms with E-state index in [2.05, 4.69) is 27.5 Å². The number of aliphatic imine (C=N–C) groups is 1. The van der Waals surface area contributed by atoms with Gasteiger partial charge in [0, 0.05) is 52.1 Å². The van der Waals surface area contributed by atoms with Crippen molar-refractivity contribution < 1.29 is 19.4 Å². The number of ether oxygens (including phenoxy) is 2. The molecule has 0 radical (unpaired) electrons. The van der Waals surface area contributed by atoms with E-state index in [4.69, 9.17) is 48.3 Å². The number of amides is 1. The minimum Gasteiger partial charge on any atom is -0.494 e. The van der Waals surface area contributed by atoms with E-state index in [9.17, 15) is 4.79 Å². The van der Waals surface area contributed by atoms with Gasteiger partial charge in [0.15, 0.2) is 11.6 Å². The molecule has 0 saturated heterocycles. The lowest BCUT2D eigenvalue weighted by atomic mass is 9.81. The second-order valence-electron chi connectivity index (χ2n) is 9.41. The number of carbonyl (C=O) groups is 1. The van der Waals surface area contributed by atoms with Crippen LogP contribution in [0, 0.1) is 0 Å². The summed E-state index contributed by atoms with van der Waals surface area (Å²) in [6.07, 6.45) is 1.27. The first-order valence-electron chi connectivity index (χ1n) is 13.2. The van der Waals surface area contributed by atoms with Gasteiger partial charge >= 0.3 is 0 Å². The van der Waals surface area contributed by atoms with Crippen LogP contribution in [0.4, 0.5) is 0 Å². The van der Waals surface area contributed by atoms with E-state index in [0.29, 0.717) is 46.5 Å². The third-order valence-electron chi connectivity index (χ3n) is 6.61. The Kier molecular flexibility index (Phi) is 10.8. The first kappa shape index (κ1) is 30.9. The molecule has 218 valence electrons. The zero-order valence-electron chi connectivity index (χ0n) is 22.7. The van der Waals surface area contributed by atoms with Gasteiger partial charge in [0.25, 0.3) is 5.91 Å². The molecule has 0 aromatic heterocycles. The highest BCUT2D eigenvalue weighted by Crippen LogP contribution is 2.45. The van der Waals surface area contributed by atoms with Crippen LogP contribution in [0.25, 0.3) is 10.4 Å². The Morgan fingerprint density at radius 2 is 1.95 bits per heavy atom. The minimum absolute atomic E-state index is 0.0369. The number of hydrogen-bond donors (Lipinski definition) is 3. The van der Waals surface area contributed by atoms with Gasteiger partial charge in [-0.1, -0.05) is 64.7 Å². The Bertz CT molecular complexity index is 1490. The number of nitrogens with one attached hydrogen (secondary N) is 2. The second-order valence-corrected chi connectivity index (χ2v) is 10.3. The van der Waals surface area contributed by atoms with Gasteiger partial charge in [0.1, 0.15) is 5.75 Å². The summed E-state index contributed by atoms with van der Waals surface area (Å²) >= 11 is 12.9. The van der Waals surface area contributed by atoms with Crippen LogP contribution in [-0.4, -0.2) is 42.2 Å². The van der Waals surface area contributed by atoms with Gasteiger partial charge in [-0.05, 0) is 53.1 Å². The summed E-state index contributed by atoms with van der Waals surface area (Å²) in [6, 6.07) is 19.5. The monoisotopic (exact) mass is 608 g/mol. The summed E-state index contributed by atoms with van der Waals surface area (Å²) in [5.74, 6) is 0.393. The highest BCUT2D eigenvalue weighted by atomic mass is 35.5. The van der Waals surface area contributed by atoms with Crippen LogP contribution < -0.4 is 15.6 Å². The van der Waals surface area contributed by atoms with E-state index in [1.54, 1.807) is 48.5 Å². The molecular formula is C30H30Cl2N6O4. The van der Waals surface area contributed by atoms with Crippen molar-refractivity contribution >= 4 is 35.0 Å². The Hall–Kier alpha value is -4.05. The number of aliphatic hydroxyl groups excluding tert-OH is 1. The molecule has 1 amide bonds. The van der Waals surface area contributed by atoms with Crippen LogP contribution in [0.5, 0.6) is 5.75 Å². The van der Waals surface area contributed by atoms with Crippen molar-refractivity contribution in [2.24, 2.45) is 10.1 Å². The molecule has 1 aliphatic rings. The summed E-state index contributed by atoms with van der Waals surface area (Å²) in [5.41, 5.74) is 15.6. The first-order chi connectivity index (χ1) is 20.4. The average molecular weight is 610 g/mol. The van der Waals surface area contributed by atoms with Crippen LogP contribution >= 0.6 is 23.2 Å². The molecule has 10 nitrogen and oxygen atoms in total. The van der Waals surface area contributed by atoms with Crippen molar-refractivity contribution in [2.75, 3.05) is 19.8 Å². The van der Waals surface area contributed by atoms with E-state index in [1.807, 2.05) is 24.3 Å². The Labute approximate surface area is 253 Å². The standard InChI is InChI=1S/C30H30Cl2N6O4/c1-2-14-34-37-29(40)30(18-21-6-3-4-7-22(21)19-35-38-33)27(25-13-10-23(31)17-26(25)32)42-28(36-30)20-8-11-24(12-9-20)41-16-5-15-39/h2-4,6-13,17,27,34,39H,1,5,14-16,18-19H2,(H,37,40)/t27-,30-/m0/s1. The van der Waals surface area contributed by atoms with Crippen LogP contribution in [0.1, 0.15) is 34.8 Å². The van der Waals surface area contributed by atoms with Crippen molar-refractivity contribution in [3.05, 3.63) is 122 Å². The topological polar surface area (TPSA) is 141 Å². The molecule has 42 heavy (non-hydrogen) atoms. The van der Waals surface area contributed by atoms with Crippen molar-refractivity contribution in [1.29, 1.82) is 0 Å². The van der Waals surface area contributed by atoms with Gasteiger partial charge in [0.05, 0.1) is 13.2 Å². The lowest BCUT2D eigenvalue weighted by Gasteiger charge is -2.31. The molecule has 0 spiro atoms. The number of rotatable bonds is 14. The molecule has 3 N–H and O–H groups in total. The van der Waals surface area contributed by atoms with Crippen LogP contribution in [0.15, 0.2) is 89.5 Å². The van der Waals surface area contributed by atoms with Crippen molar-refractivity contribution in [3.8, 4) is 5.75 Å². The van der Waals surface area contributed by atoms with Crippen LogP contribution in [0.3, 0.4) is 0 Å². The quantitative estimate of drug-likeness (QED) is 0.0524. The first-order valence-corrected chi connectivity index (χ1v) is 13.9. The predicted molar refractivity (Wildman–Crippen MR) is 163 cm³/mol. The van der Waals surface area contributed by atoms with Gasteiger partial charge in [-0.25, -0.2) is 10.4 Å². The van der Waals surface area contributed by atoms with Gasteiger partial charge in [-0.3, -0.25) is 10.2 Å². The predicted octanol–water partition coefficient (Wildman–Crippen LogP) is 5.87. The molecule has 0 fully saturated rings. The fourth-order valence-corrected chi connectivity index (χ4v) is 5.08. The zero-order valence-corrected chi connectivity index (χ0v) is 24.2. The molecule has 12 heteroatoms. The molecule has 0 bridgehead atoms. The molecule has 0 aliphatic carbocycles. The number of nitrogens with zero attached hydrogens (tertiary/aromatic N) is 4. The normalized spacial score (nSPS) is 17.5. The number of benzene rings is 3. The number of hydrogen-bond acceptors (Lipinski definition) is 7. The largest absolute Gasteiger partial charge is 0.494 e. The molecule has 1 aliphatic heterocycles. The number of aliphatic hydroxyl groups is 1. The third kappa shape index (κ3) is 7.23. The Morgan fingerprint density at radius 1 is 1.19 bits per heavy atom. The highest BCUT2D eigenvalue weighted by molar-refractivity contribution is 6.35. The van der Waals surface area contributed by atoms with Gasteiger partial charge in [-0.2, -0.15) is 0 Å². The smallest absolute Gasteiger partial charge is 0.266 e. The maximum absolute atomic E-state index is 14.1. The summed E-state index contributed by atoms with van der Waals surface area (Å²) in [4.78, 5) is 22.0. The Morgan fingerprint density at radius 3 is 2.64 bits per heavy atom. The summed E-state index contributed by atoms with van der Waals surface area (Å²) < 4.78 is 12.1. The Balaban J connectivity index is 1.84. The molecule has 0 unspecified atom stereocenters. The van der Waals surface area contributed by atoms with E-state index < -0.39 is 17.6 Å². The van der Waals surface area contributed by atoms with Crippen LogP contribution in [0.2, 0.25) is 10.0 Å². The van der Waals surface area contributed by atoms with Crippen molar-refractivity contribution in [3.63, 3.8) is 0 Å². The fourth-order valence-electron chi connectivity index (χ4n) is 4.57. The number of hydrazine groups is 1. The maximum Gasteiger partial charge on any atom is 0.266 e. The third-order valence-corrected chi connectivity index (χ3v) is 7.17. The average Bonchev–Trinajstić information content (AvgIpc) is 3.37. The number of azide groups is 1. The molecule has 4 rings (SSSR count). The number of halogens is 2. The van der Waals surface area contributed by atoms with Gasteiger partial charge < -0.3 is 14.6 Å². The molecule has 3 aromatic rings. The summed E-state index contributed by atoms with van der Waals surface area (Å²) in [6.45, 7) is 4.51. The van der Waals surface area contributed by atoms with Gasteiger partial charge in [0.2, 0.25) is 5.90 Å². The van der Waals surface area contributed by atoms with E-state index in [0.717, 1.165) is 11.1 Å². The summed E-state index contributed by atoms with van der Waals surface area (Å²) in [7, 11) is 0. The maximum atomic E-state index is 14.1. The molecule has 2 atom stereocenters. The van der Waals surface area contributed by atoms with E-state index in [-0.39, 0.29) is 25.5 Å². The van der Waals surface area contributed by atoms with Crippen molar-refractivity contribution in [1.82, 2.24) is 10.9 Å². The van der Waals surface area contributed by atoms with Crippen molar-refractivity contribution in [2.45, 2.75) is 31.0 Å². The zero-order chi connectivity index (χ0) is 30.0. The van der Waals surface area contributed by atoms with E-state index >= 15 is 0 Å². The highest BCUT2D eigenvalue weighted by Gasteiger charge is 2.54. The molecular weight excluding hydrogens is 579 g/mol. The van der Waals surface area contributed by atoms with Gasteiger partial charge in [-0.15, -0.1) is 6.58 Å². The second kappa shape index (κ2) is 14.7. The molecule has 3 aromatic carbocycles. The lowest BCUT2D eigenvalue weighted by molar-refractivity contribution is -0.129. The lowest BCUT2D eigenvalue weighted by Crippen LogP contribution is -2.54. The van der Waals surface area contributed by atoms with E-state index in [1.165, 1.54) is 0 Å². The molecule has 1 heterocycles. The SMILES string of the molecule is C=CCNNC(=O)[C@@]1(Cc2ccccc2CN=[N+]=[N-])N=C(c2ccc(OCCCO)cc2)O[C@H]1c1ccc(Cl)cc1Cl. The number of carbonyl (C=O) groups excluding carboxylic acids is 1. The van der Waals surface area contributed by atoms with Crippen LogP contribution in [-0.2, 0) is 22.5 Å². The fraction of sp³-hybridized carbons (Fsp3) is 0.267.